The number of nitrogens with zero attached hydrogens (tertiary/aromatic N) is 4. The van der Waals surface area contributed by atoms with Crippen molar-refractivity contribution in [3.63, 3.8) is 0 Å². The monoisotopic (exact) mass is 511 g/mol. The summed E-state index contributed by atoms with van der Waals surface area (Å²) >= 11 is 9.45. The lowest BCUT2D eigenvalue weighted by atomic mass is 9.96. The molecule has 0 spiro atoms. The summed E-state index contributed by atoms with van der Waals surface area (Å²) in [6.07, 6.45) is 2.90. The van der Waals surface area contributed by atoms with Gasteiger partial charge in [0.05, 0.1) is 17.8 Å². The SMILES string of the molecule is Cc1cc([C@H]2[C@H](c3ccccn3)NC(=S)N2CCCN(C)C)c(C)n1-c1cccc(Br)c1. The fourth-order valence-electron chi connectivity index (χ4n) is 4.64. The summed E-state index contributed by atoms with van der Waals surface area (Å²) in [7, 11) is 4.22. The van der Waals surface area contributed by atoms with Crippen LogP contribution in [0.25, 0.3) is 5.69 Å². The molecule has 0 radical (unpaired) electrons. The zero-order chi connectivity index (χ0) is 22.8. The van der Waals surface area contributed by atoms with Gasteiger partial charge in [-0.2, -0.15) is 0 Å². The summed E-state index contributed by atoms with van der Waals surface area (Å²) in [6.45, 7) is 6.30. The van der Waals surface area contributed by atoms with Crippen molar-refractivity contribution >= 4 is 33.3 Å². The Morgan fingerprint density at radius 2 is 1.94 bits per heavy atom. The van der Waals surface area contributed by atoms with Gasteiger partial charge in [0.25, 0.3) is 0 Å². The highest BCUT2D eigenvalue weighted by molar-refractivity contribution is 9.10. The number of hydrogen-bond donors (Lipinski definition) is 1. The maximum atomic E-state index is 5.83. The average molecular weight is 513 g/mol. The van der Waals surface area contributed by atoms with E-state index in [1.54, 1.807) is 0 Å². The van der Waals surface area contributed by atoms with Crippen LogP contribution >= 0.6 is 28.1 Å². The first-order chi connectivity index (χ1) is 15.4. The second-order valence-corrected chi connectivity index (χ2v) is 9.92. The van der Waals surface area contributed by atoms with Crippen LogP contribution in [-0.4, -0.2) is 51.6 Å². The zero-order valence-corrected chi connectivity index (χ0v) is 21.4. The van der Waals surface area contributed by atoms with E-state index >= 15 is 0 Å². The Kier molecular flexibility index (Phi) is 6.98. The lowest BCUT2D eigenvalue weighted by Crippen LogP contribution is -2.32. The fraction of sp³-hybridized carbons (Fsp3) is 0.360. The van der Waals surface area contributed by atoms with Crippen molar-refractivity contribution in [3.8, 4) is 5.69 Å². The minimum atomic E-state index is 0.0134. The van der Waals surface area contributed by atoms with E-state index < -0.39 is 0 Å². The number of halogens is 1. The Hall–Kier alpha value is -2.22. The molecule has 2 aromatic heterocycles. The predicted octanol–water partition coefficient (Wildman–Crippen LogP) is 5.18. The molecular formula is C25H30BrN5S. The topological polar surface area (TPSA) is 36.3 Å². The number of nitrogens with one attached hydrogen (secondary N) is 1. The van der Waals surface area contributed by atoms with E-state index in [1.165, 1.54) is 17.0 Å². The zero-order valence-electron chi connectivity index (χ0n) is 19.0. The van der Waals surface area contributed by atoms with Gasteiger partial charge in [-0.3, -0.25) is 4.98 Å². The first-order valence-corrected chi connectivity index (χ1v) is 12.1. The third-order valence-corrected chi connectivity index (χ3v) is 6.90. The maximum absolute atomic E-state index is 5.83. The number of aryl methyl sites for hydroxylation is 1. The van der Waals surface area contributed by atoms with Gasteiger partial charge in [0, 0.05) is 34.3 Å². The van der Waals surface area contributed by atoms with E-state index in [-0.39, 0.29) is 12.1 Å². The molecule has 0 bridgehead atoms. The molecule has 1 aliphatic rings. The quantitative estimate of drug-likeness (QED) is 0.442. The Labute approximate surface area is 204 Å². The van der Waals surface area contributed by atoms with Crippen LogP contribution < -0.4 is 5.32 Å². The fourth-order valence-corrected chi connectivity index (χ4v) is 5.36. The van der Waals surface area contributed by atoms with E-state index in [1.807, 2.05) is 18.3 Å². The van der Waals surface area contributed by atoms with Crippen molar-refractivity contribution in [1.29, 1.82) is 0 Å². The molecule has 1 fully saturated rings. The number of hydrogen-bond acceptors (Lipinski definition) is 3. The molecule has 1 aliphatic heterocycles. The second-order valence-electron chi connectivity index (χ2n) is 8.62. The van der Waals surface area contributed by atoms with Crippen molar-refractivity contribution in [2.75, 3.05) is 27.2 Å². The molecule has 0 saturated carbocycles. The Morgan fingerprint density at radius 3 is 2.62 bits per heavy atom. The van der Waals surface area contributed by atoms with Crippen LogP contribution in [-0.2, 0) is 0 Å². The summed E-state index contributed by atoms with van der Waals surface area (Å²) in [4.78, 5) is 9.24. The molecule has 2 atom stereocenters. The smallest absolute Gasteiger partial charge is 0.170 e. The molecule has 3 aromatic rings. The molecule has 5 nitrogen and oxygen atoms in total. The van der Waals surface area contributed by atoms with Crippen LogP contribution in [0.1, 0.15) is 41.1 Å². The molecular weight excluding hydrogens is 482 g/mol. The molecule has 1 N–H and O–H groups in total. The number of aromatic nitrogens is 2. The van der Waals surface area contributed by atoms with Crippen LogP contribution in [0.15, 0.2) is 59.2 Å². The van der Waals surface area contributed by atoms with E-state index in [9.17, 15) is 0 Å². The van der Waals surface area contributed by atoms with Gasteiger partial charge >= 0.3 is 0 Å². The van der Waals surface area contributed by atoms with E-state index in [0.29, 0.717) is 0 Å². The summed E-state index contributed by atoms with van der Waals surface area (Å²) in [5, 5.41) is 4.38. The van der Waals surface area contributed by atoms with Gasteiger partial charge in [0.1, 0.15) is 0 Å². The van der Waals surface area contributed by atoms with Crippen molar-refractivity contribution in [2.45, 2.75) is 32.4 Å². The number of thiocarbonyl (C=S) groups is 1. The van der Waals surface area contributed by atoms with Crippen LogP contribution in [0.5, 0.6) is 0 Å². The molecule has 32 heavy (non-hydrogen) atoms. The Balaban J connectivity index is 1.77. The van der Waals surface area contributed by atoms with Crippen LogP contribution in [0.2, 0.25) is 0 Å². The minimum absolute atomic E-state index is 0.0134. The molecule has 4 rings (SSSR count). The number of rotatable bonds is 7. The molecule has 7 heteroatoms. The third kappa shape index (κ3) is 4.60. The normalized spacial score (nSPS) is 18.4. The van der Waals surface area contributed by atoms with Gasteiger partial charge < -0.3 is 19.7 Å². The van der Waals surface area contributed by atoms with Gasteiger partial charge in [-0.1, -0.05) is 28.1 Å². The summed E-state index contributed by atoms with van der Waals surface area (Å²) < 4.78 is 3.40. The highest BCUT2D eigenvalue weighted by Crippen LogP contribution is 2.41. The van der Waals surface area contributed by atoms with E-state index in [0.717, 1.165) is 40.5 Å². The van der Waals surface area contributed by atoms with Crippen molar-refractivity contribution in [2.24, 2.45) is 0 Å². The standard InChI is InChI=1S/C25H30BrN5S/c1-17-15-21(18(2)31(17)20-10-7-9-19(26)16-20)24-23(22-11-5-6-12-27-22)28-25(32)30(24)14-8-13-29(3)4/h5-7,9-12,15-16,23-24H,8,13-14H2,1-4H3,(H,28,32)/t23-,24-/m0/s1. The summed E-state index contributed by atoms with van der Waals surface area (Å²) in [5.41, 5.74) is 5.90. The van der Waals surface area contributed by atoms with E-state index in [4.69, 9.17) is 12.2 Å². The molecule has 0 aliphatic carbocycles. The van der Waals surface area contributed by atoms with Crippen LogP contribution in [0.4, 0.5) is 0 Å². The van der Waals surface area contributed by atoms with Gasteiger partial charge in [-0.15, -0.1) is 0 Å². The minimum Gasteiger partial charge on any atom is -0.352 e. The molecule has 1 saturated heterocycles. The van der Waals surface area contributed by atoms with Gasteiger partial charge in [-0.05, 0) is 95.1 Å². The van der Waals surface area contributed by atoms with Gasteiger partial charge in [-0.25, -0.2) is 0 Å². The lowest BCUT2D eigenvalue weighted by Gasteiger charge is -2.28. The van der Waals surface area contributed by atoms with Gasteiger partial charge in [0.2, 0.25) is 0 Å². The number of pyridine rings is 1. The molecule has 0 amide bonds. The van der Waals surface area contributed by atoms with Crippen molar-refractivity contribution < 1.29 is 0 Å². The number of benzene rings is 1. The third-order valence-electron chi connectivity index (χ3n) is 6.06. The van der Waals surface area contributed by atoms with Crippen molar-refractivity contribution in [1.82, 2.24) is 24.7 Å². The molecule has 0 unspecified atom stereocenters. The second kappa shape index (κ2) is 9.73. The first-order valence-electron chi connectivity index (χ1n) is 10.9. The lowest BCUT2D eigenvalue weighted by molar-refractivity contribution is 0.292. The van der Waals surface area contributed by atoms with Crippen molar-refractivity contribution in [3.05, 3.63) is 81.8 Å². The maximum Gasteiger partial charge on any atom is 0.170 e. The Bertz CT molecular complexity index is 1090. The van der Waals surface area contributed by atoms with E-state index in [2.05, 4.69) is 105 Å². The predicted molar refractivity (Wildman–Crippen MR) is 138 cm³/mol. The highest BCUT2D eigenvalue weighted by atomic mass is 79.9. The largest absolute Gasteiger partial charge is 0.352 e. The van der Waals surface area contributed by atoms with Crippen LogP contribution in [0, 0.1) is 13.8 Å². The molecule has 168 valence electrons. The average Bonchev–Trinajstić information content (AvgIpc) is 3.24. The molecule has 1 aromatic carbocycles. The first kappa shape index (κ1) is 23.0. The summed E-state index contributed by atoms with van der Waals surface area (Å²) in [6, 6.07) is 16.9. The molecule has 3 heterocycles. The Morgan fingerprint density at radius 1 is 1.12 bits per heavy atom. The van der Waals surface area contributed by atoms with Gasteiger partial charge in [0.15, 0.2) is 5.11 Å². The van der Waals surface area contributed by atoms with Crippen LogP contribution in [0.3, 0.4) is 0 Å². The highest BCUT2D eigenvalue weighted by Gasteiger charge is 2.41. The summed E-state index contributed by atoms with van der Waals surface area (Å²) in [5.74, 6) is 0.